The Hall–Kier alpha value is -3.32. The monoisotopic (exact) mass is 478 g/mol. The predicted molar refractivity (Wildman–Crippen MR) is 135 cm³/mol. The molecule has 4 rings (SSSR count). The van der Waals surface area contributed by atoms with Crippen LogP contribution in [0.25, 0.3) is 0 Å². The van der Waals surface area contributed by atoms with Crippen molar-refractivity contribution in [2.45, 2.75) is 45.1 Å². The summed E-state index contributed by atoms with van der Waals surface area (Å²) < 4.78 is 11.2. The summed E-state index contributed by atoms with van der Waals surface area (Å²) in [5.41, 5.74) is 2.85. The first-order valence-electron chi connectivity index (χ1n) is 11.6. The molecule has 1 aromatic heterocycles. The summed E-state index contributed by atoms with van der Waals surface area (Å²) >= 11 is 1.51. The minimum Gasteiger partial charge on any atom is -0.493 e. The van der Waals surface area contributed by atoms with Crippen LogP contribution in [0, 0.1) is 0 Å². The van der Waals surface area contributed by atoms with Crippen molar-refractivity contribution in [2.75, 3.05) is 19.0 Å². The van der Waals surface area contributed by atoms with Crippen molar-refractivity contribution in [3.63, 3.8) is 0 Å². The third-order valence-electron chi connectivity index (χ3n) is 5.92. The van der Waals surface area contributed by atoms with Crippen LogP contribution in [0.3, 0.4) is 0 Å². The zero-order valence-corrected chi connectivity index (χ0v) is 20.4. The van der Waals surface area contributed by atoms with E-state index in [1.165, 1.54) is 21.8 Å². The lowest BCUT2D eigenvalue weighted by Gasteiger charge is -2.17. The summed E-state index contributed by atoms with van der Waals surface area (Å²) in [6, 6.07) is 17.3. The maximum Gasteiger partial charge on any atom is 0.265 e. The molecule has 0 radical (unpaired) electrons. The fraction of sp³-hybridized carbons (Fsp3) is 0.333. The van der Waals surface area contributed by atoms with Crippen molar-refractivity contribution in [1.82, 2.24) is 5.32 Å². The highest BCUT2D eigenvalue weighted by Crippen LogP contribution is 2.38. The van der Waals surface area contributed by atoms with Crippen molar-refractivity contribution in [1.29, 1.82) is 0 Å². The molecular weight excluding hydrogens is 448 g/mol. The fourth-order valence-corrected chi connectivity index (χ4v) is 5.41. The molecule has 1 unspecified atom stereocenters. The molecule has 0 spiro atoms. The quantitative estimate of drug-likeness (QED) is 0.453. The van der Waals surface area contributed by atoms with Gasteiger partial charge < -0.3 is 20.1 Å². The first-order valence-corrected chi connectivity index (χ1v) is 12.5. The summed E-state index contributed by atoms with van der Waals surface area (Å²) in [5, 5.41) is 6.62. The molecule has 2 amide bonds. The standard InChI is InChI=1S/C27H30N2O4S/c1-18(33-22-14-8-7-13-21(22)32-2)25(30)29-27-24(20-12-6-9-15-23(20)34-27)26(31)28-17-16-19-10-4-3-5-11-19/h3-5,7-8,10-11,13-14,18H,6,9,12,15-17H2,1-2H3,(H,28,31)(H,29,30). The lowest BCUT2D eigenvalue weighted by Crippen LogP contribution is -2.32. The van der Waals surface area contributed by atoms with E-state index < -0.39 is 6.10 Å². The molecule has 7 heteroatoms. The molecule has 1 aliphatic carbocycles. The zero-order chi connectivity index (χ0) is 23.9. The van der Waals surface area contributed by atoms with Crippen molar-refractivity contribution in [3.05, 3.63) is 76.2 Å². The highest BCUT2D eigenvalue weighted by molar-refractivity contribution is 7.17. The molecule has 2 aromatic carbocycles. The van der Waals surface area contributed by atoms with Crippen molar-refractivity contribution in [3.8, 4) is 11.5 Å². The molecule has 34 heavy (non-hydrogen) atoms. The predicted octanol–water partition coefficient (Wildman–Crippen LogP) is 5.01. The maximum absolute atomic E-state index is 13.2. The summed E-state index contributed by atoms with van der Waals surface area (Å²) in [6.07, 6.45) is 3.94. The maximum atomic E-state index is 13.2. The molecule has 0 fully saturated rings. The zero-order valence-electron chi connectivity index (χ0n) is 19.6. The molecule has 1 heterocycles. The van der Waals surface area contributed by atoms with Crippen molar-refractivity contribution in [2.24, 2.45) is 0 Å². The number of para-hydroxylation sites is 2. The van der Waals surface area contributed by atoms with Crippen LogP contribution in [-0.4, -0.2) is 31.6 Å². The summed E-state index contributed by atoms with van der Waals surface area (Å²) in [5.74, 6) is 0.621. The molecular formula is C27H30N2O4S. The van der Waals surface area contributed by atoms with Gasteiger partial charge in [0.15, 0.2) is 17.6 Å². The summed E-state index contributed by atoms with van der Waals surface area (Å²) in [6.45, 7) is 2.23. The third-order valence-corrected chi connectivity index (χ3v) is 7.13. The molecule has 0 aliphatic heterocycles. The molecule has 1 aliphatic rings. The van der Waals surface area contributed by atoms with E-state index in [-0.39, 0.29) is 11.8 Å². The number of carbonyl (C=O) groups excluding carboxylic acids is 2. The lowest BCUT2D eigenvalue weighted by molar-refractivity contribution is -0.122. The van der Waals surface area contributed by atoms with Gasteiger partial charge in [-0.3, -0.25) is 9.59 Å². The minimum absolute atomic E-state index is 0.135. The van der Waals surface area contributed by atoms with Gasteiger partial charge in [0.25, 0.3) is 11.8 Å². The van der Waals surface area contributed by atoms with Crippen LogP contribution < -0.4 is 20.1 Å². The van der Waals surface area contributed by atoms with Gasteiger partial charge >= 0.3 is 0 Å². The van der Waals surface area contributed by atoms with E-state index in [4.69, 9.17) is 9.47 Å². The Labute approximate surface area is 204 Å². The average molecular weight is 479 g/mol. The van der Waals surface area contributed by atoms with E-state index in [1.807, 2.05) is 42.5 Å². The van der Waals surface area contributed by atoms with E-state index >= 15 is 0 Å². The average Bonchev–Trinajstić information content (AvgIpc) is 3.22. The Morgan fingerprint density at radius 2 is 1.71 bits per heavy atom. The Morgan fingerprint density at radius 1 is 1.00 bits per heavy atom. The number of hydrogen-bond acceptors (Lipinski definition) is 5. The van der Waals surface area contributed by atoms with Crippen LogP contribution >= 0.6 is 11.3 Å². The van der Waals surface area contributed by atoms with Crippen molar-refractivity contribution < 1.29 is 19.1 Å². The van der Waals surface area contributed by atoms with E-state index in [0.29, 0.717) is 28.6 Å². The molecule has 178 valence electrons. The van der Waals surface area contributed by atoms with Crippen LogP contribution in [0.1, 0.15) is 46.1 Å². The Morgan fingerprint density at radius 3 is 2.47 bits per heavy atom. The van der Waals surface area contributed by atoms with Crippen LogP contribution in [-0.2, 0) is 24.1 Å². The van der Waals surface area contributed by atoms with Gasteiger partial charge in [0.2, 0.25) is 0 Å². The van der Waals surface area contributed by atoms with Gasteiger partial charge in [0.1, 0.15) is 5.00 Å². The first kappa shape index (κ1) is 23.8. The number of amides is 2. The second-order valence-electron chi connectivity index (χ2n) is 8.31. The van der Waals surface area contributed by atoms with Crippen LogP contribution in [0.2, 0.25) is 0 Å². The fourth-order valence-electron chi connectivity index (χ4n) is 4.12. The number of thiophene rings is 1. The van der Waals surface area contributed by atoms with Gasteiger partial charge in [-0.2, -0.15) is 0 Å². The number of ether oxygens (including phenoxy) is 2. The topological polar surface area (TPSA) is 76.7 Å². The molecule has 0 saturated carbocycles. The Bertz CT molecular complexity index is 1140. The molecule has 1 atom stereocenters. The minimum atomic E-state index is -0.760. The van der Waals surface area contributed by atoms with E-state index in [9.17, 15) is 9.59 Å². The number of methoxy groups -OCH3 is 1. The van der Waals surface area contributed by atoms with Gasteiger partial charge in [0.05, 0.1) is 12.7 Å². The van der Waals surface area contributed by atoms with Crippen molar-refractivity contribution >= 4 is 28.2 Å². The van der Waals surface area contributed by atoms with Gasteiger partial charge in [-0.25, -0.2) is 0 Å². The van der Waals surface area contributed by atoms with Gasteiger partial charge in [-0.15, -0.1) is 11.3 Å². The van der Waals surface area contributed by atoms with E-state index in [0.717, 1.165) is 37.7 Å². The smallest absolute Gasteiger partial charge is 0.265 e. The number of carbonyl (C=O) groups is 2. The number of fused-ring (bicyclic) bond motifs is 1. The Balaban J connectivity index is 1.47. The molecule has 6 nitrogen and oxygen atoms in total. The number of rotatable bonds is 9. The largest absolute Gasteiger partial charge is 0.493 e. The Kier molecular flexibility index (Phi) is 7.85. The van der Waals surface area contributed by atoms with Crippen LogP contribution in [0.15, 0.2) is 54.6 Å². The summed E-state index contributed by atoms with van der Waals surface area (Å²) in [4.78, 5) is 27.4. The van der Waals surface area contributed by atoms with Gasteiger partial charge in [-0.1, -0.05) is 42.5 Å². The summed E-state index contributed by atoms with van der Waals surface area (Å²) in [7, 11) is 1.56. The third kappa shape index (κ3) is 5.59. The molecule has 0 bridgehead atoms. The second-order valence-corrected chi connectivity index (χ2v) is 9.41. The normalized spacial score (nSPS) is 13.5. The number of aryl methyl sites for hydroxylation is 1. The highest BCUT2D eigenvalue weighted by atomic mass is 32.1. The second kappa shape index (κ2) is 11.2. The molecule has 2 N–H and O–H groups in total. The first-order chi connectivity index (χ1) is 16.6. The molecule has 3 aromatic rings. The van der Waals surface area contributed by atoms with E-state index in [2.05, 4.69) is 10.6 Å². The van der Waals surface area contributed by atoms with Crippen LogP contribution in [0.5, 0.6) is 11.5 Å². The number of benzene rings is 2. The van der Waals surface area contributed by atoms with E-state index in [1.54, 1.807) is 26.2 Å². The lowest BCUT2D eigenvalue weighted by atomic mass is 9.95. The highest BCUT2D eigenvalue weighted by Gasteiger charge is 2.27. The van der Waals surface area contributed by atoms with Gasteiger partial charge in [0, 0.05) is 11.4 Å². The van der Waals surface area contributed by atoms with Gasteiger partial charge in [-0.05, 0) is 62.3 Å². The number of nitrogens with one attached hydrogen (secondary N) is 2. The molecule has 0 saturated heterocycles. The number of anilines is 1. The van der Waals surface area contributed by atoms with Crippen LogP contribution in [0.4, 0.5) is 5.00 Å². The SMILES string of the molecule is COc1ccccc1OC(C)C(=O)Nc1sc2c(c1C(=O)NCCc1ccccc1)CCCC2. The number of hydrogen-bond donors (Lipinski definition) is 2.